The van der Waals surface area contributed by atoms with Crippen LogP contribution < -0.4 is 20.1 Å². The monoisotopic (exact) mass is 333 g/mol. The second-order valence-corrected chi connectivity index (χ2v) is 5.89. The second kappa shape index (κ2) is 6.47. The van der Waals surface area contributed by atoms with Crippen molar-refractivity contribution in [2.24, 2.45) is 5.14 Å². The maximum atomic E-state index is 13.4. The molecule has 23 heavy (non-hydrogen) atoms. The lowest BCUT2D eigenvalue weighted by Crippen LogP contribution is -2.48. The second-order valence-electron chi connectivity index (χ2n) is 5.18. The van der Waals surface area contributed by atoms with Crippen molar-refractivity contribution in [1.82, 2.24) is 0 Å². The molecule has 1 atom stereocenters. The first-order chi connectivity index (χ1) is 11.1. The van der Waals surface area contributed by atoms with E-state index in [0.717, 1.165) is 16.8 Å². The van der Waals surface area contributed by atoms with Gasteiger partial charge in [-0.05, 0) is 42.3 Å². The Balaban J connectivity index is 1.78. The van der Waals surface area contributed by atoms with E-state index in [1.165, 1.54) is 12.1 Å². The molecular formula is C16H16FN3O2S. The first-order valence-electron chi connectivity index (χ1n) is 7.01. The highest BCUT2D eigenvalue weighted by Gasteiger charge is 2.30. The Kier molecular flexibility index (Phi) is 4.40. The highest BCUT2D eigenvalue weighted by molar-refractivity contribution is 7.97. The van der Waals surface area contributed by atoms with Crippen LogP contribution in [0.2, 0.25) is 0 Å². The molecule has 1 amide bonds. The van der Waals surface area contributed by atoms with Gasteiger partial charge >= 0.3 is 0 Å². The number of nitrogens with zero attached hydrogens (tertiary/aromatic N) is 1. The van der Waals surface area contributed by atoms with E-state index in [1.807, 2.05) is 12.1 Å². The Morgan fingerprint density at radius 1 is 1.39 bits per heavy atom. The van der Waals surface area contributed by atoms with Gasteiger partial charge in [-0.25, -0.2) is 4.39 Å². The molecule has 0 saturated carbocycles. The minimum atomic E-state index is -0.543. The molecule has 5 nitrogen and oxygen atoms in total. The highest BCUT2D eigenvalue weighted by atomic mass is 32.2. The number of nitrogens with one attached hydrogen (secondary N) is 1. The van der Waals surface area contributed by atoms with Crippen LogP contribution in [0, 0.1) is 5.82 Å². The van der Waals surface area contributed by atoms with Crippen LogP contribution >= 0.6 is 11.9 Å². The summed E-state index contributed by atoms with van der Waals surface area (Å²) in [5.41, 5.74) is 1.21. The molecule has 0 radical (unpaired) electrons. The van der Waals surface area contributed by atoms with Crippen LogP contribution in [0.1, 0.15) is 0 Å². The van der Waals surface area contributed by atoms with Crippen LogP contribution in [0.5, 0.6) is 5.75 Å². The average molecular weight is 333 g/mol. The minimum Gasteiger partial charge on any atom is -0.489 e. The fourth-order valence-corrected chi connectivity index (χ4v) is 2.81. The minimum absolute atomic E-state index is 0.201. The van der Waals surface area contributed by atoms with Crippen LogP contribution in [0.4, 0.5) is 15.8 Å². The first-order valence-corrected chi connectivity index (χ1v) is 7.89. The molecule has 7 heteroatoms. The van der Waals surface area contributed by atoms with Crippen LogP contribution in [0.25, 0.3) is 0 Å². The van der Waals surface area contributed by atoms with Gasteiger partial charge in [0.15, 0.2) is 0 Å². The summed E-state index contributed by atoms with van der Waals surface area (Å²) in [4.78, 5) is 15.1. The van der Waals surface area contributed by atoms with E-state index in [1.54, 1.807) is 30.1 Å². The number of fused-ring (bicyclic) bond motifs is 1. The summed E-state index contributed by atoms with van der Waals surface area (Å²) < 4.78 is 19.0. The molecule has 1 aliphatic heterocycles. The Morgan fingerprint density at radius 3 is 3.00 bits per heavy atom. The summed E-state index contributed by atoms with van der Waals surface area (Å²) in [6.07, 6.45) is 0. The number of ether oxygens (including phenoxy) is 1. The fourth-order valence-electron chi connectivity index (χ4n) is 2.46. The molecule has 0 bridgehead atoms. The summed E-state index contributed by atoms with van der Waals surface area (Å²) in [5, 5.41) is 8.36. The van der Waals surface area contributed by atoms with Gasteiger partial charge < -0.3 is 15.0 Å². The van der Waals surface area contributed by atoms with Crippen molar-refractivity contribution in [2.45, 2.75) is 10.9 Å². The highest BCUT2D eigenvalue weighted by Crippen LogP contribution is 2.33. The van der Waals surface area contributed by atoms with E-state index < -0.39 is 6.04 Å². The van der Waals surface area contributed by atoms with E-state index >= 15 is 0 Å². The Morgan fingerprint density at radius 2 is 2.22 bits per heavy atom. The quantitative estimate of drug-likeness (QED) is 0.845. The van der Waals surface area contributed by atoms with E-state index in [-0.39, 0.29) is 18.3 Å². The van der Waals surface area contributed by atoms with Crippen LogP contribution in [-0.4, -0.2) is 25.6 Å². The van der Waals surface area contributed by atoms with Crippen molar-refractivity contribution in [1.29, 1.82) is 0 Å². The fraction of sp³-hybridized carbons (Fsp3) is 0.188. The van der Waals surface area contributed by atoms with E-state index in [0.29, 0.717) is 17.1 Å². The van der Waals surface area contributed by atoms with Gasteiger partial charge in [-0.3, -0.25) is 9.93 Å². The van der Waals surface area contributed by atoms with E-state index in [2.05, 4.69) is 5.32 Å². The number of nitrogens with two attached hydrogens (primary N) is 1. The topological polar surface area (TPSA) is 67.6 Å². The van der Waals surface area contributed by atoms with Crippen molar-refractivity contribution in [3.63, 3.8) is 0 Å². The zero-order valence-electron chi connectivity index (χ0n) is 12.5. The number of benzene rings is 2. The molecule has 0 aliphatic carbocycles. The van der Waals surface area contributed by atoms with Crippen molar-refractivity contribution >= 4 is 29.2 Å². The lowest BCUT2D eigenvalue weighted by atomic mass is 10.1. The summed E-state index contributed by atoms with van der Waals surface area (Å²) in [5.74, 6) is -0.0195. The van der Waals surface area contributed by atoms with E-state index in [4.69, 9.17) is 9.88 Å². The van der Waals surface area contributed by atoms with Gasteiger partial charge in [0.25, 0.3) is 5.91 Å². The van der Waals surface area contributed by atoms with Crippen molar-refractivity contribution < 1.29 is 13.9 Å². The summed E-state index contributed by atoms with van der Waals surface area (Å²) in [6, 6.07) is 11.0. The molecule has 3 rings (SSSR count). The first kappa shape index (κ1) is 15.6. The number of halogens is 1. The normalized spacial score (nSPS) is 16.5. The lowest BCUT2D eigenvalue weighted by molar-refractivity contribution is -0.118. The van der Waals surface area contributed by atoms with Crippen LogP contribution in [0.15, 0.2) is 47.4 Å². The summed E-state index contributed by atoms with van der Waals surface area (Å²) in [6.45, 7) is 0.201. The van der Waals surface area contributed by atoms with Gasteiger partial charge in [-0.15, -0.1) is 0 Å². The smallest absolute Gasteiger partial charge is 0.250 e. The molecule has 2 aromatic carbocycles. The number of hydrogen-bond acceptors (Lipinski definition) is 5. The molecule has 0 saturated heterocycles. The standard InChI is InChI=1S/C16H16FN3O2S/c1-20-13-7-10(17)5-6-15(13)22-9-14(20)16(21)19-11-3-2-4-12(8-11)23-18/h2-8,14H,9,18H2,1H3,(H,19,21). The molecule has 0 aromatic heterocycles. The number of likely N-dealkylation sites (N-methyl/N-ethyl adjacent to an activating group) is 1. The van der Waals surface area contributed by atoms with E-state index in [9.17, 15) is 9.18 Å². The van der Waals surface area contributed by atoms with Crippen LogP contribution in [-0.2, 0) is 4.79 Å². The van der Waals surface area contributed by atoms with Gasteiger partial charge in [0, 0.05) is 23.7 Å². The molecule has 0 spiro atoms. The number of rotatable bonds is 3. The predicted octanol–water partition coefficient (Wildman–Crippen LogP) is 2.63. The molecule has 2 aromatic rings. The third kappa shape index (κ3) is 3.25. The number of carbonyl (C=O) groups is 1. The SMILES string of the molecule is CN1c2cc(F)ccc2OCC1C(=O)Nc1cccc(SN)c1. The Labute approximate surface area is 137 Å². The number of carbonyl (C=O) groups excluding carboxylic acids is 1. The van der Waals surface area contributed by atoms with Crippen molar-refractivity contribution in [2.75, 3.05) is 23.9 Å². The number of anilines is 2. The zero-order chi connectivity index (χ0) is 16.4. The van der Waals surface area contributed by atoms with Crippen molar-refractivity contribution in [3.05, 3.63) is 48.3 Å². The molecule has 120 valence electrons. The predicted molar refractivity (Wildman–Crippen MR) is 89.2 cm³/mol. The largest absolute Gasteiger partial charge is 0.489 e. The number of amides is 1. The van der Waals surface area contributed by atoms with Gasteiger partial charge in [-0.1, -0.05) is 6.07 Å². The maximum Gasteiger partial charge on any atom is 0.250 e. The van der Waals surface area contributed by atoms with Crippen LogP contribution in [0.3, 0.4) is 0 Å². The molecule has 0 fully saturated rings. The molecule has 1 heterocycles. The van der Waals surface area contributed by atoms with Gasteiger partial charge in [0.1, 0.15) is 24.2 Å². The molecular weight excluding hydrogens is 317 g/mol. The zero-order valence-corrected chi connectivity index (χ0v) is 13.3. The average Bonchev–Trinajstić information content (AvgIpc) is 2.55. The summed E-state index contributed by atoms with van der Waals surface area (Å²) in [7, 11) is 1.75. The Hall–Kier alpha value is -2.25. The van der Waals surface area contributed by atoms with Gasteiger partial charge in [0.2, 0.25) is 0 Å². The van der Waals surface area contributed by atoms with Crippen molar-refractivity contribution in [3.8, 4) is 5.75 Å². The maximum absolute atomic E-state index is 13.4. The van der Waals surface area contributed by atoms with Gasteiger partial charge in [0.05, 0.1) is 5.69 Å². The van der Waals surface area contributed by atoms with Gasteiger partial charge in [-0.2, -0.15) is 0 Å². The molecule has 1 unspecified atom stereocenters. The third-order valence-corrected chi connectivity index (χ3v) is 4.23. The Bertz CT molecular complexity index is 741. The molecule has 1 aliphatic rings. The number of hydrogen-bond donors (Lipinski definition) is 2. The third-order valence-electron chi connectivity index (χ3n) is 3.71. The lowest BCUT2D eigenvalue weighted by Gasteiger charge is -2.34. The summed E-state index contributed by atoms with van der Waals surface area (Å²) >= 11 is 1.11. The molecule has 3 N–H and O–H groups in total.